The van der Waals surface area contributed by atoms with Crippen LogP contribution < -0.4 is 5.43 Å². The van der Waals surface area contributed by atoms with Crippen molar-refractivity contribution in [2.45, 2.75) is 19.3 Å². The monoisotopic (exact) mass is 213 g/mol. The molecule has 3 nitrogen and oxygen atoms in total. The number of nitrogens with one attached hydrogen (secondary N) is 1. The van der Waals surface area contributed by atoms with Crippen LogP contribution in [0.25, 0.3) is 10.9 Å². The quantitative estimate of drug-likeness (QED) is 0.728. The van der Waals surface area contributed by atoms with Crippen molar-refractivity contribution in [3.63, 3.8) is 0 Å². The number of benzene rings is 1. The molecule has 1 N–H and O–H groups in total. The van der Waals surface area contributed by atoms with Gasteiger partial charge in [0, 0.05) is 23.0 Å². The van der Waals surface area contributed by atoms with Crippen LogP contribution in [0.5, 0.6) is 0 Å². The molecule has 0 spiro atoms. The summed E-state index contributed by atoms with van der Waals surface area (Å²) in [5.41, 5.74) is 1.89. The number of aryl methyl sites for hydroxylation is 1. The zero-order valence-electron chi connectivity index (χ0n) is 8.75. The number of aromatic nitrogens is 1. The number of hydrogen-bond donors (Lipinski definition) is 1. The van der Waals surface area contributed by atoms with Crippen LogP contribution in [0.2, 0.25) is 0 Å². The van der Waals surface area contributed by atoms with Gasteiger partial charge in [0.2, 0.25) is 0 Å². The number of Topliss-reactive ketones (excluding diaryl/α,β-unsaturated/α-hetero) is 1. The van der Waals surface area contributed by atoms with E-state index in [0.717, 1.165) is 24.1 Å². The van der Waals surface area contributed by atoms with Gasteiger partial charge in [0.05, 0.1) is 5.56 Å². The predicted octanol–water partition coefficient (Wildman–Crippen LogP) is 2.05. The Morgan fingerprint density at radius 1 is 1.06 bits per heavy atom. The number of para-hydroxylation sites is 1. The maximum Gasteiger partial charge on any atom is 0.200 e. The van der Waals surface area contributed by atoms with Crippen molar-refractivity contribution in [3.8, 4) is 0 Å². The molecule has 0 saturated heterocycles. The lowest BCUT2D eigenvalue weighted by atomic mass is 9.93. The Morgan fingerprint density at radius 2 is 1.88 bits per heavy atom. The van der Waals surface area contributed by atoms with Crippen molar-refractivity contribution in [3.05, 3.63) is 45.7 Å². The number of hydrogen-bond acceptors (Lipinski definition) is 2. The standard InChI is InChI=1S/C13H11NO2/c15-11-7-3-6-10-12(11)13(16)8-4-1-2-5-9(8)14-10/h1-2,4-5H,3,6-7H2,(H,14,16). The second-order valence-electron chi connectivity index (χ2n) is 4.13. The fourth-order valence-electron chi connectivity index (χ4n) is 2.32. The maximum absolute atomic E-state index is 12.1. The van der Waals surface area contributed by atoms with E-state index in [9.17, 15) is 9.59 Å². The van der Waals surface area contributed by atoms with Crippen LogP contribution in [0.4, 0.5) is 0 Å². The third kappa shape index (κ3) is 1.21. The first kappa shape index (κ1) is 9.33. The van der Waals surface area contributed by atoms with Gasteiger partial charge < -0.3 is 4.98 Å². The van der Waals surface area contributed by atoms with Gasteiger partial charge in [-0.1, -0.05) is 12.1 Å². The van der Waals surface area contributed by atoms with E-state index in [1.807, 2.05) is 18.2 Å². The molecule has 2 aromatic rings. The van der Waals surface area contributed by atoms with Crippen molar-refractivity contribution >= 4 is 16.7 Å². The third-order valence-corrected chi connectivity index (χ3v) is 3.10. The second kappa shape index (κ2) is 3.30. The van der Waals surface area contributed by atoms with Crippen LogP contribution >= 0.6 is 0 Å². The first-order chi connectivity index (χ1) is 7.77. The van der Waals surface area contributed by atoms with E-state index in [2.05, 4.69) is 4.98 Å². The molecular formula is C13H11NO2. The summed E-state index contributed by atoms with van der Waals surface area (Å²) in [4.78, 5) is 27.1. The lowest BCUT2D eigenvalue weighted by Crippen LogP contribution is -2.23. The zero-order valence-corrected chi connectivity index (χ0v) is 8.75. The number of carbonyl (C=O) groups excluding carboxylic acids is 1. The molecule has 0 amide bonds. The summed E-state index contributed by atoms with van der Waals surface area (Å²) in [5.74, 6) is -0.0201. The average Bonchev–Trinajstić information content (AvgIpc) is 2.29. The smallest absolute Gasteiger partial charge is 0.200 e. The van der Waals surface area contributed by atoms with E-state index in [1.165, 1.54) is 0 Å². The number of H-pyrrole nitrogens is 1. The van der Waals surface area contributed by atoms with Gasteiger partial charge in [-0.3, -0.25) is 9.59 Å². The molecule has 1 aliphatic carbocycles. The molecule has 16 heavy (non-hydrogen) atoms. The average molecular weight is 213 g/mol. The summed E-state index contributed by atoms with van der Waals surface area (Å²) in [7, 11) is 0. The molecule has 3 rings (SSSR count). The fraction of sp³-hybridized carbons (Fsp3) is 0.231. The Morgan fingerprint density at radius 3 is 2.75 bits per heavy atom. The topological polar surface area (TPSA) is 49.9 Å². The summed E-state index contributed by atoms with van der Waals surface area (Å²) in [6.45, 7) is 0. The molecule has 0 fully saturated rings. The number of fused-ring (bicyclic) bond motifs is 2. The molecule has 80 valence electrons. The van der Waals surface area contributed by atoms with Crippen LogP contribution in [0.1, 0.15) is 28.9 Å². The van der Waals surface area contributed by atoms with Crippen LogP contribution in [0, 0.1) is 0 Å². The lowest BCUT2D eigenvalue weighted by molar-refractivity contribution is 0.0970. The van der Waals surface area contributed by atoms with E-state index in [1.54, 1.807) is 6.07 Å². The Kier molecular flexibility index (Phi) is 1.93. The largest absolute Gasteiger partial charge is 0.358 e. The summed E-state index contributed by atoms with van der Waals surface area (Å²) >= 11 is 0. The number of ketones is 1. The fourth-order valence-corrected chi connectivity index (χ4v) is 2.32. The third-order valence-electron chi connectivity index (χ3n) is 3.10. The van der Waals surface area contributed by atoms with Crippen LogP contribution in [0.3, 0.4) is 0 Å². The van der Waals surface area contributed by atoms with E-state index in [-0.39, 0.29) is 11.2 Å². The molecule has 1 aliphatic rings. The van der Waals surface area contributed by atoms with Gasteiger partial charge in [0.15, 0.2) is 11.2 Å². The van der Waals surface area contributed by atoms with Gasteiger partial charge >= 0.3 is 0 Å². The van der Waals surface area contributed by atoms with Gasteiger partial charge in [0.25, 0.3) is 0 Å². The highest BCUT2D eigenvalue weighted by atomic mass is 16.1. The van der Waals surface area contributed by atoms with Crippen molar-refractivity contribution in [1.29, 1.82) is 0 Å². The summed E-state index contributed by atoms with van der Waals surface area (Å²) in [6, 6.07) is 7.33. The molecule has 0 atom stereocenters. The van der Waals surface area contributed by atoms with E-state index in [4.69, 9.17) is 0 Å². The van der Waals surface area contributed by atoms with E-state index < -0.39 is 0 Å². The van der Waals surface area contributed by atoms with Crippen LogP contribution in [-0.4, -0.2) is 10.8 Å². The first-order valence-corrected chi connectivity index (χ1v) is 5.44. The van der Waals surface area contributed by atoms with Crippen LogP contribution in [0.15, 0.2) is 29.1 Å². The predicted molar refractivity (Wildman–Crippen MR) is 61.8 cm³/mol. The summed E-state index contributed by atoms with van der Waals surface area (Å²) < 4.78 is 0. The minimum atomic E-state index is -0.117. The minimum absolute atomic E-state index is 0.0201. The number of pyridine rings is 1. The lowest BCUT2D eigenvalue weighted by Gasteiger charge is -2.14. The second-order valence-corrected chi connectivity index (χ2v) is 4.13. The van der Waals surface area contributed by atoms with E-state index in [0.29, 0.717) is 17.4 Å². The maximum atomic E-state index is 12.1. The molecule has 0 unspecified atom stereocenters. The molecule has 3 heteroatoms. The highest BCUT2D eigenvalue weighted by Gasteiger charge is 2.22. The molecule has 1 heterocycles. The van der Waals surface area contributed by atoms with Crippen molar-refractivity contribution in [2.24, 2.45) is 0 Å². The first-order valence-electron chi connectivity index (χ1n) is 5.44. The Labute approximate surface area is 92.1 Å². The van der Waals surface area contributed by atoms with E-state index >= 15 is 0 Å². The molecule has 0 bridgehead atoms. The molecule has 0 radical (unpaired) electrons. The van der Waals surface area contributed by atoms with Gasteiger partial charge in [-0.05, 0) is 25.0 Å². The van der Waals surface area contributed by atoms with Crippen LogP contribution in [-0.2, 0) is 6.42 Å². The van der Waals surface area contributed by atoms with Crippen molar-refractivity contribution < 1.29 is 4.79 Å². The normalized spacial score (nSPS) is 15.1. The molecule has 0 saturated carbocycles. The van der Waals surface area contributed by atoms with Gasteiger partial charge in [0.1, 0.15) is 0 Å². The number of rotatable bonds is 0. The van der Waals surface area contributed by atoms with Gasteiger partial charge in [-0.2, -0.15) is 0 Å². The molecular weight excluding hydrogens is 202 g/mol. The molecule has 0 aliphatic heterocycles. The SMILES string of the molecule is O=C1CCCc2[nH]c3ccccc3c(=O)c21. The highest BCUT2D eigenvalue weighted by Crippen LogP contribution is 2.19. The summed E-state index contributed by atoms with van der Waals surface area (Å²) in [6.07, 6.45) is 2.12. The Bertz CT molecular complexity index is 640. The Balaban J connectivity index is 2.46. The zero-order chi connectivity index (χ0) is 11.1. The molecule has 1 aromatic heterocycles. The van der Waals surface area contributed by atoms with Gasteiger partial charge in [-0.15, -0.1) is 0 Å². The highest BCUT2D eigenvalue weighted by molar-refractivity contribution is 6.00. The Hall–Kier alpha value is -1.90. The van der Waals surface area contributed by atoms with Crippen molar-refractivity contribution in [2.75, 3.05) is 0 Å². The van der Waals surface area contributed by atoms with Gasteiger partial charge in [-0.25, -0.2) is 0 Å². The summed E-state index contributed by atoms with van der Waals surface area (Å²) in [5, 5.41) is 0.608. The van der Waals surface area contributed by atoms with Crippen molar-refractivity contribution in [1.82, 2.24) is 4.98 Å². The molecule has 1 aromatic carbocycles. The minimum Gasteiger partial charge on any atom is -0.358 e. The number of carbonyl (C=O) groups is 1. The number of aromatic amines is 1.